The van der Waals surface area contributed by atoms with E-state index in [4.69, 9.17) is 23.2 Å². The van der Waals surface area contributed by atoms with Crippen LogP contribution in [0.1, 0.15) is 43.3 Å². The van der Waals surface area contributed by atoms with Crippen molar-refractivity contribution in [1.82, 2.24) is 39.8 Å². The van der Waals surface area contributed by atoms with E-state index in [9.17, 15) is 4.79 Å². The van der Waals surface area contributed by atoms with Crippen LogP contribution in [0, 0.1) is 6.92 Å². The molecule has 1 amide bonds. The van der Waals surface area contributed by atoms with Crippen molar-refractivity contribution in [2.24, 2.45) is 0 Å². The number of amides is 1. The number of halogens is 2. The number of fused-ring (bicyclic) bond motifs is 3. The SMILES string of the molecule is Cc1nnn(-c2ncc(NC(=O)C3CC(C)(C)c4c3cnc3cc(Cl)nn43)cc2Cl)n1. The Kier molecular flexibility index (Phi) is 4.45. The number of nitrogens with one attached hydrogen (secondary N) is 1. The molecule has 1 unspecified atom stereocenters. The Morgan fingerprint density at radius 1 is 1.19 bits per heavy atom. The summed E-state index contributed by atoms with van der Waals surface area (Å²) in [5.41, 5.74) is 2.60. The summed E-state index contributed by atoms with van der Waals surface area (Å²) in [5, 5.41) is 19.7. The molecule has 0 saturated carbocycles. The predicted molar refractivity (Wildman–Crippen MR) is 114 cm³/mol. The van der Waals surface area contributed by atoms with Gasteiger partial charge in [-0.25, -0.2) is 14.5 Å². The maximum absolute atomic E-state index is 13.2. The van der Waals surface area contributed by atoms with Gasteiger partial charge in [0, 0.05) is 23.2 Å². The third-order valence-corrected chi connectivity index (χ3v) is 5.78. The molecular formula is C19H17Cl2N9O. The third kappa shape index (κ3) is 3.31. The van der Waals surface area contributed by atoms with Crippen LogP contribution in [-0.4, -0.2) is 45.7 Å². The van der Waals surface area contributed by atoms with Crippen molar-refractivity contribution >= 4 is 40.4 Å². The van der Waals surface area contributed by atoms with Gasteiger partial charge in [0.05, 0.1) is 28.5 Å². The highest BCUT2D eigenvalue weighted by Crippen LogP contribution is 2.46. The molecule has 0 bridgehead atoms. The Morgan fingerprint density at radius 3 is 2.71 bits per heavy atom. The van der Waals surface area contributed by atoms with Crippen LogP contribution in [0.2, 0.25) is 10.2 Å². The van der Waals surface area contributed by atoms with Gasteiger partial charge in [-0.05, 0) is 24.6 Å². The van der Waals surface area contributed by atoms with Gasteiger partial charge in [0.1, 0.15) is 0 Å². The Hall–Kier alpha value is -3.11. The van der Waals surface area contributed by atoms with Crippen molar-refractivity contribution in [3.63, 3.8) is 0 Å². The van der Waals surface area contributed by atoms with Crippen molar-refractivity contribution in [3.8, 4) is 5.82 Å². The van der Waals surface area contributed by atoms with E-state index in [-0.39, 0.29) is 16.3 Å². The van der Waals surface area contributed by atoms with Gasteiger partial charge in [-0.1, -0.05) is 37.0 Å². The molecule has 4 heterocycles. The zero-order chi connectivity index (χ0) is 21.9. The summed E-state index contributed by atoms with van der Waals surface area (Å²) in [7, 11) is 0. The number of carbonyl (C=O) groups is 1. The largest absolute Gasteiger partial charge is 0.324 e. The number of nitrogens with zero attached hydrogens (tertiary/aromatic N) is 8. The lowest BCUT2D eigenvalue weighted by Crippen LogP contribution is -2.21. The van der Waals surface area contributed by atoms with Crippen LogP contribution in [0.5, 0.6) is 0 Å². The molecule has 5 rings (SSSR count). The second-order valence-electron chi connectivity index (χ2n) is 8.08. The van der Waals surface area contributed by atoms with Crippen molar-refractivity contribution in [3.05, 3.63) is 51.8 Å². The molecule has 1 atom stereocenters. The second-order valence-corrected chi connectivity index (χ2v) is 8.88. The summed E-state index contributed by atoms with van der Waals surface area (Å²) in [5.74, 6) is 0.253. The van der Waals surface area contributed by atoms with E-state index in [0.717, 1.165) is 11.3 Å². The van der Waals surface area contributed by atoms with Crippen molar-refractivity contribution < 1.29 is 4.79 Å². The first-order valence-corrected chi connectivity index (χ1v) is 10.3. The fourth-order valence-corrected chi connectivity index (χ4v) is 4.47. The molecule has 4 aromatic rings. The zero-order valence-corrected chi connectivity index (χ0v) is 18.3. The van der Waals surface area contributed by atoms with E-state index in [1.54, 1.807) is 29.8 Å². The van der Waals surface area contributed by atoms with Gasteiger partial charge in [0.2, 0.25) is 5.91 Å². The van der Waals surface area contributed by atoms with Crippen LogP contribution in [0.25, 0.3) is 11.5 Å². The molecule has 10 nitrogen and oxygen atoms in total. The third-order valence-electron chi connectivity index (χ3n) is 5.32. The van der Waals surface area contributed by atoms with E-state index >= 15 is 0 Å². The van der Waals surface area contributed by atoms with Crippen LogP contribution in [-0.2, 0) is 10.2 Å². The fraction of sp³-hybridized carbons (Fsp3) is 0.316. The minimum absolute atomic E-state index is 0.174. The van der Waals surface area contributed by atoms with E-state index in [2.05, 4.69) is 49.6 Å². The van der Waals surface area contributed by atoms with Crippen LogP contribution in [0.15, 0.2) is 24.5 Å². The number of carbonyl (C=O) groups excluding carboxylic acids is 1. The monoisotopic (exact) mass is 457 g/mol. The van der Waals surface area contributed by atoms with Gasteiger partial charge in [0.25, 0.3) is 0 Å². The number of aromatic nitrogens is 8. The van der Waals surface area contributed by atoms with Crippen molar-refractivity contribution in [2.45, 2.75) is 38.5 Å². The van der Waals surface area contributed by atoms with E-state index in [1.165, 1.54) is 11.0 Å². The summed E-state index contributed by atoms with van der Waals surface area (Å²) >= 11 is 12.4. The number of hydrogen-bond acceptors (Lipinski definition) is 7. The molecule has 1 aliphatic carbocycles. The maximum Gasteiger partial charge on any atom is 0.232 e. The summed E-state index contributed by atoms with van der Waals surface area (Å²) in [4.78, 5) is 23.1. The minimum Gasteiger partial charge on any atom is -0.324 e. The molecule has 0 aromatic carbocycles. The second kappa shape index (κ2) is 6.96. The Balaban J connectivity index is 1.44. The van der Waals surface area contributed by atoms with Gasteiger partial charge in [-0.3, -0.25) is 4.79 Å². The van der Waals surface area contributed by atoms with Crippen LogP contribution < -0.4 is 5.32 Å². The zero-order valence-electron chi connectivity index (χ0n) is 16.8. The van der Waals surface area contributed by atoms with Gasteiger partial charge in [-0.2, -0.15) is 5.10 Å². The fourth-order valence-electron chi connectivity index (χ4n) is 4.05. The van der Waals surface area contributed by atoms with Gasteiger partial charge < -0.3 is 5.32 Å². The summed E-state index contributed by atoms with van der Waals surface area (Å²) in [6.45, 7) is 5.87. The standard InChI is InChI=1S/C19H17Cl2N9O/c1-9-25-28-30(26-9)17-13(20)4-10(7-23-17)24-18(31)11-6-19(2,3)16-12(11)8-22-15-5-14(21)27-29(15)16/h4-5,7-8,11H,6H2,1-3H3,(H,24,31). The first-order valence-electron chi connectivity index (χ1n) is 9.51. The topological polar surface area (TPSA) is 116 Å². The lowest BCUT2D eigenvalue weighted by atomic mass is 9.88. The van der Waals surface area contributed by atoms with Crippen LogP contribution in [0.3, 0.4) is 0 Å². The van der Waals surface area contributed by atoms with Crippen molar-refractivity contribution in [1.29, 1.82) is 0 Å². The molecule has 0 saturated heterocycles. The number of hydrogen-bond donors (Lipinski definition) is 1. The van der Waals surface area contributed by atoms with E-state index < -0.39 is 5.92 Å². The lowest BCUT2D eigenvalue weighted by Gasteiger charge is -2.19. The summed E-state index contributed by atoms with van der Waals surface area (Å²) in [6, 6.07) is 3.31. The molecule has 1 N–H and O–H groups in total. The highest BCUT2D eigenvalue weighted by molar-refractivity contribution is 6.32. The first kappa shape index (κ1) is 19.8. The molecule has 12 heteroatoms. The minimum atomic E-state index is -0.400. The highest BCUT2D eigenvalue weighted by atomic mass is 35.5. The molecule has 31 heavy (non-hydrogen) atoms. The average Bonchev–Trinajstić information content (AvgIpc) is 3.36. The highest BCUT2D eigenvalue weighted by Gasteiger charge is 2.43. The Labute approximate surface area is 186 Å². The molecule has 0 fully saturated rings. The Morgan fingerprint density at radius 2 is 2.00 bits per heavy atom. The van der Waals surface area contributed by atoms with Crippen LogP contribution >= 0.6 is 23.2 Å². The summed E-state index contributed by atoms with van der Waals surface area (Å²) in [6.07, 6.45) is 3.84. The molecule has 0 radical (unpaired) electrons. The van der Waals surface area contributed by atoms with E-state index in [1.807, 2.05) is 0 Å². The smallest absolute Gasteiger partial charge is 0.232 e. The first-order chi connectivity index (χ1) is 14.7. The lowest BCUT2D eigenvalue weighted by molar-refractivity contribution is -0.117. The maximum atomic E-state index is 13.2. The number of tetrazole rings is 1. The van der Waals surface area contributed by atoms with Gasteiger partial charge in [0.15, 0.2) is 22.4 Å². The molecule has 1 aliphatic rings. The molecule has 158 valence electrons. The number of aryl methyl sites for hydroxylation is 1. The van der Waals surface area contributed by atoms with Crippen LogP contribution in [0.4, 0.5) is 5.69 Å². The summed E-state index contributed by atoms with van der Waals surface area (Å²) < 4.78 is 1.73. The molecule has 0 aliphatic heterocycles. The molecule has 0 spiro atoms. The molecular weight excluding hydrogens is 441 g/mol. The predicted octanol–water partition coefficient (Wildman–Crippen LogP) is 3.12. The van der Waals surface area contributed by atoms with Crippen molar-refractivity contribution in [2.75, 3.05) is 5.32 Å². The average molecular weight is 458 g/mol. The quantitative estimate of drug-likeness (QED) is 0.502. The number of rotatable bonds is 3. The number of anilines is 1. The molecule has 4 aromatic heterocycles. The Bertz CT molecular complexity index is 1340. The normalized spacial score (nSPS) is 17.1. The van der Waals surface area contributed by atoms with Gasteiger partial charge in [-0.15, -0.1) is 15.0 Å². The number of pyridine rings is 1. The van der Waals surface area contributed by atoms with Gasteiger partial charge >= 0.3 is 0 Å². The van der Waals surface area contributed by atoms with E-state index in [0.29, 0.717) is 34.6 Å².